The molecule has 20 heavy (non-hydrogen) atoms. The van der Waals surface area contributed by atoms with E-state index in [2.05, 4.69) is 33.0 Å². The van der Waals surface area contributed by atoms with Crippen LogP contribution in [0.25, 0.3) is 0 Å². The summed E-state index contributed by atoms with van der Waals surface area (Å²) in [4.78, 5) is 0. The molecule has 2 rings (SSSR count). The van der Waals surface area contributed by atoms with Crippen LogP contribution in [0.3, 0.4) is 0 Å². The molecule has 118 valence electrons. The third-order valence-corrected chi connectivity index (χ3v) is 5.83. The second-order valence-electron chi connectivity index (χ2n) is 7.89. The fourth-order valence-corrected chi connectivity index (χ4v) is 4.07. The Labute approximate surface area is 126 Å². The Morgan fingerprint density at radius 1 is 1.00 bits per heavy atom. The van der Waals surface area contributed by atoms with E-state index < -0.39 is 0 Å². The lowest BCUT2D eigenvalue weighted by Gasteiger charge is -2.41. The summed E-state index contributed by atoms with van der Waals surface area (Å²) in [7, 11) is 0. The SMILES string of the molecule is CCC1(CC)CC(NC2CCCC(C)(C)CC2)CCO1. The largest absolute Gasteiger partial charge is 0.375 e. The minimum absolute atomic E-state index is 0.153. The first-order valence-electron chi connectivity index (χ1n) is 8.89. The fourth-order valence-electron chi connectivity index (χ4n) is 4.07. The van der Waals surface area contributed by atoms with E-state index in [1.165, 1.54) is 44.9 Å². The van der Waals surface area contributed by atoms with Crippen LogP contribution in [0.2, 0.25) is 0 Å². The zero-order chi connectivity index (χ0) is 14.6. The molecule has 2 atom stereocenters. The average Bonchev–Trinajstić information content (AvgIpc) is 2.60. The molecule has 2 aliphatic rings. The van der Waals surface area contributed by atoms with Gasteiger partial charge in [0.05, 0.1) is 5.60 Å². The molecule has 0 amide bonds. The van der Waals surface area contributed by atoms with Gasteiger partial charge in [0.15, 0.2) is 0 Å². The molecular formula is C18H35NO. The summed E-state index contributed by atoms with van der Waals surface area (Å²) in [6.07, 6.45) is 11.6. The summed E-state index contributed by atoms with van der Waals surface area (Å²) < 4.78 is 6.10. The van der Waals surface area contributed by atoms with Crippen molar-refractivity contribution < 1.29 is 4.74 Å². The number of ether oxygens (including phenoxy) is 1. The normalized spacial score (nSPS) is 33.6. The van der Waals surface area contributed by atoms with Gasteiger partial charge in [-0.2, -0.15) is 0 Å². The van der Waals surface area contributed by atoms with Gasteiger partial charge in [-0.1, -0.05) is 34.1 Å². The molecular weight excluding hydrogens is 246 g/mol. The van der Waals surface area contributed by atoms with Crippen molar-refractivity contribution in [2.75, 3.05) is 6.61 Å². The van der Waals surface area contributed by atoms with E-state index in [-0.39, 0.29) is 5.60 Å². The summed E-state index contributed by atoms with van der Waals surface area (Å²) in [6, 6.07) is 1.42. The maximum absolute atomic E-state index is 6.10. The van der Waals surface area contributed by atoms with Crippen molar-refractivity contribution in [3.63, 3.8) is 0 Å². The molecule has 0 radical (unpaired) electrons. The Morgan fingerprint density at radius 2 is 1.75 bits per heavy atom. The van der Waals surface area contributed by atoms with Crippen molar-refractivity contribution in [3.8, 4) is 0 Å². The lowest BCUT2D eigenvalue weighted by Crippen LogP contribution is -2.49. The van der Waals surface area contributed by atoms with E-state index in [1.807, 2.05) is 0 Å². The van der Waals surface area contributed by atoms with Crippen molar-refractivity contribution in [3.05, 3.63) is 0 Å². The molecule has 1 aliphatic carbocycles. The van der Waals surface area contributed by atoms with Crippen LogP contribution in [-0.4, -0.2) is 24.3 Å². The quantitative estimate of drug-likeness (QED) is 0.756. The van der Waals surface area contributed by atoms with Crippen LogP contribution in [-0.2, 0) is 4.74 Å². The highest BCUT2D eigenvalue weighted by atomic mass is 16.5. The highest BCUT2D eigenvalue weighted by molar-refractivity contribution is 4.90. The second-order valence-corrected chi connectivity index (χ2v) is 7.89. The molecule has 1 saturated carbocycles. The molecule has 1 N–H and O–H groups in total. The van der Waals surface area contributed by atoms with Crippen LogP contribution in [0.5, 0.6) is 0 Å². The average molecular weight is 281 g/mol. The van der Waals surface area contributed by atoms with E-state index >= 15 is 0 Å². The summed E-state index contributed by atoms with van der Waals surface area (Å²) in [5.74, 6) is 0. The highest BCUT2D eigenvalue weighted by Crippen LogP contribution is 2.35. The first-order valence-corrected chi connectivity index (χ1v) is 8.89. The zero-order valence-electron chi connectivity index (χ0n) is 14.1. The molecule has 2 nitrogen and oxygen atoms in total. The van der Waals surface area contributed by atoms with Gasteiger partial charge in [-0.3, -0.25) is 0 Å². The first kappa shape index (κ1) is 16.3. The topological polar surface area (TPSA) is 21.3 Å². The first-order chi connectivity index (χ1) is 9.49. The summed E-state index contributed by atoms with van der Waals surface area (Å²) in [5, 5.41) is 3.98. The second kappa shape index (κ2) is 6.79. The van der Waals surface area contributed by atoms with Gasteiger partial charge in [-0.25, -0.2) is 0 Å². The van der Waals surface area contributed by atoms with E-state index in [0.29, 0.717) is 11.5 Å². The van der Waals surface area contributed by atoms with Crippen molar-refractivity contribution in [2.45, 2.75) is 103 Å². The van der Waals surface area contributed by atoms with Crippen LogP contribution in [0.1, 0.15) is 85.5 Å². The van der Waals surface area contributed by atoms with E-state index in [1.54, 1.807) is 0 Å². The van der Waals surface area contributed by atoms with Gasteiger partial charge in [0.25, 0.3) is 0 Å². The van der Waals surface area contributed by atoms with Crippen molar-refractivity contribution in [1.29, 1.82) is 0 Å². The van der Waals surface area contributed by atoms with E-state index in [4.69, 9.17) is 4.74 Å². The smallest absolute Gasteiger partial charge is 0.0692 e. The van der Waals surface area contributed by atoms with Gasteiger partial charge in [-0.15, -0.1) is 0 Å². The molecule has 0 aromatic rings. The number of hydrogen-bond donors (Lipinski definition) is 1. The summed E-state index contributed by atoms with van der Waals surface area (Å²) in [5.41, 5.74) is 0.711. The highest BCUT2D eigenvalue weighted by Gasteiger charge is 2.35. The maximum Gasteiger partial charge on any atom is 0.0692 e. The number of hydrogen-bond acceptors (Lipinski definition) is 2. The monoisotopic (exact) mass is 281 g/mol. The van der Waals surface area contributed by atoms with Gasteiger partial charge in [0, 0.05) is 18.7 Å². The predicted octanol–water partition coefficient (Wildman–Crippen LogP) is 4.67. The molecule has 0 bridgehead atoms. The van der Waals surface area contributed by atoms with Gasteiger partial charge in [0.1, 0.15) is 0 Å². The third-order valence-electron chi connectivity index (χ3n) is 5.83. The summed E-state index contributed by atoms with van der Waals surface area (Å²) >= 11 is 0. The standard InChI is InChI=1S/C18H35NO/c1-5-18(6-2)14-16(10-13-20-18)19-15-8-7-11-17(3,4)12-9-15/h15-16,19H,5-14H2,1-4H3. The Bertz CT molecular complexity index is 296. The zero-order valence-corrected chi connectivity index (χ0v) is 14.1. The molecule has 0 aromatic heterocycles. The van der Waals surface area contributed by atoms with E-state index in [0.717, 1.165) is 25.5 Å². The molecule has 0 aromatic carbocycles. The lowest BCUT2D eigenvalue weighted by molar-refractivity contribution is -0.0942. The minimum Gasteiger partial charge on any atom is -0.375 e. The van der Waals surface area contributed by atoms with Crippen molar-refractivity contribution in [1.82, 2.24) is 5.32 Å². The molecule has 1 saturated heterocycles. The van der Waals surface area contributed by atoms with Crippen molar-refractivity contribution in [2.24, 2.45) is 5.41 Å². The summed E-state index contributed by atoms with van der Waals surface area (Å²) in [6.45, 7) is 10.4. The predicted molar refractivity (Wildman–Crippen MR) is 86.1 cm³/mol. The molecule has 1 aliphatic heterocycles. The maximum atomic E-state index is 6.10. The lowest BCUT2D eigenvalue weighted by atomic mass is 9.84. The van der Waals surface area contributed by atoms with Crippen LogP contribution in [0, 0.1) is 5.41 Å². The molecule has 2 heteroatoms. The molecule has 2 unspecified atom stereocenters. The van der Waals surface area contributed by atoms with Gasteiger partial charge in [0.2, 0.25) is 0 Å². The van der Waals surface area contributed by atoms with Crippen LogP contribution >= 0.6 is 0 Å². The van der Waals surface area contributed by atoms with Crippen LogP contribution < -0.4 is 5.32 Å². The third kappa shape index (κ3) is 4.21. The Hall–Kier alpha value is -0.0800. The number of nitrogens with one attached hydrogen (secondary N) is 1. The minimum atomic E-state index is 0.153. The van der Waals surface area contributed by atoms with Crippen molar-refractivity contribution >= 4 is 0 Å². The van der Waals surface area contributed by atoms with Gasteiger partial charge < -0.3 is 10.1 Å². The van der Waals surface area contributed by atoms with Crippen LogP contribution in [0.15, 0.2) is 0 Å². The molecule has 0 spiro atoms. The molecule has 1 heterocycles. The fraction of sp³-hybridized carbons (Fsp3) is 1.00. The Balaban J connectivity index is 1.86. The Morgan fingerprint density at radius 3 is 2.45 bits per heavy atom. The van der Waals surface area contributed by atoms with Gasteiger partial charge >= 0.3 is 0 Å². The van der Waals surface area contributed by atoms with E-state index in [9.17, 15) is 0 Å². The van der Waals surface area contributed by atoms with Crippen LogP contribution in [0.4, 0.5) is 0 Å². The number of rotatable bonds is 4. The Kier molecular flexibility index (Phi) is 5.53. The van der Waals surface area contributed by atoms with Gasteiger partial charge in [-0.05, 0) is 56.8 Å². The molecule has 2 fully saturated rings.